The first-order chi connectivity index (χ1) is 19.4. The Labute approximate surface area is 257 Å². The SMILES string of the molecule is CC[C@H](C(=O)NCC(C)C)N(Cc1c(Cl)cccc1Cl)C(=O)CN(c1cccc(Cl)c1C)S(=O)(=O)c1ccccc1. The van der Waals surface area contributed by atoms with Crippen LogP contribution < -0.4 is 9.62 Å². The zero-order chi connectivity index (χ0) is 30.3. The van der Waals surface area contributed by atoms with Crippen LogP contribution in [0.1, 0.15) is 38.3 Å². The Balaban J connectivity index is 2.12. The van der Waals surface area contributed by atoms with Crippen LogP contribution >= 0.6 is 34.8 Å². The number of benzene rings is 3. The number of hydrogen-bond acceptors (Lipinski definition) is 4. The molecule has 1 atom stereocenters. The summed E-state index contributed by atoms with van der Waals surface area (Å²) in [5.41, 5.74) is 1.20. The van der Waals surface area contributed by atoms with E-state index in [1.807, 2.05) is 13.8 Å². The molecule has 3 aromatic carbocycles. The van der Waals surface area contributed by atoms with E-state index in [9.17, 15) is 18.0 Å². The fourth-order valence-corrected chi connectivity index (χ4v) is 6.47. The van der Waals surface area contributed by atoms with E-state index in [1.54, 1.807) is 68.4 Å². The van der Waals surface area contributed by atoms with Gasteiger partial charge in [0.1, 0.15) is 12.6 Å². The first-order valence-electron chi connectivity index (χ1n) is 13.2. The lowest BCUT2D eigenvalue weighted by atomic mass is 10.1. The van der Waals surface area contributed by atoms with Crippen LogP contribution in [0.2, 0.25) is 15.1 Å². The second kappa shape index (κ2) is 14.4. The van der Waals surface area contributed by atoms with E-state index in [4.69, 9.17) is 34.8 Å². The van der Waals surface area contributed by atoms with Gasteiger partial charge in [-0.1, -0.05) is 85.9 Å². The second-order valence-electron chi connectivity index (χ2n) is 9.99. The normalized spacial score (nSPS) is 12.2. The number of halogens is 3. The third-order valence-electron chi connectivity index (χ3n) is 6.58. The van der Waals surface area contributed by atoms with Crippen molar-refractivity contribution in [1.29, 1.82) is 0 Å². The third kappa shape index (κ3) is 7.95. The van der Waals surface area contributed by atoms with E-state index >= 15 is 0 Å². The Kier molecular flexibility index (Phi) is 11.5. The van der Waals surface area contributed by atoms with Gasteiger partial charge >= 0.3 is 0 Å². The summed E-state index contributed by atoms with van der Waals surface area (Å²) in [6.45, 7) is 7.13. The van der Waals surface area contributed by atoms with Gasteiger partial charge in [-0.15, -0.1) is 0 Å². The molecule has 2 amide bonds. The van der Waals surface area contributed by atoms with Crippen LogP contribution in [-0.2, 0) is 26.2 Å². The van der Waals surface area contributed by atoms with Crippen LogP contribution in [0.4, 0.5) is 5.69 Å². The molecule has 0 aliphatic rings. The fourth-order valence-electron chi connectivity index (χ4n) is 4.30. The third-order valence-corrected chi connectivity index (χ3v) is 9.47. The summed E-state index contributed by atoms with van der Waals surface area (Å²) in [6, 6.07) is 16.8. The molecule has 0 saturated heterocycles. The van der Waals surface area contributed by atoms with E-state index in [1.165, 1.54) is 17.0 Å². The predicted molar refractivity (Wildman–Crippen MR) is 166 cm³/mol. The monoisotopic (exact) mass is 637 g/mol. The van der Waals surface area contributed by atoms with Crippen LogP contribution in [0.15, 0.2) is 71.6 Å². The van der Waals surface area contributed by atoms with Gasteiger partial charge in [-0.3, -0.25) is 13.9 Å². The van der Waals surface area contributed by atoms with Crippen LogP contribution in [-0.4, -0.2) is 44.3 Å². The van der Waals surface area contributed by atoms with Crippen molar-refractivity contribution < 1.29 is 18.0 Å². The van der Waals surface area contributed by atoms with Gasteiger partial charge < -0.3 is 10.2 Å². The number of nitrogens with one attached hydrogen (secondary N) is 1. The van der Waals surface area contributed by atoms with Crippen molar-refractivity contribution in [3.63, 3.8) is 0 Å². The Morgan fingerprint density at radius 3 is 2.05 bits per heavy atom. The molecule has 0 saturated carbocycles. The maximum absolute atomic E-state index is 14.2. The average molecular weight is 639 g/mol. The highest BCUT2D eigenvalue weighted by molar-refractivity contribution is 7.92. The molecule has 0 heterocycles. The number of amides is 2. The van der Waals surface area contributed by atoms with Gasteiger partial charge in [0.25, 0.3) is 10.0 Å². The van der Waals surface area contributed by atoms with Gasteiger partial charge in [0.15, 0.2) is 0 Å². The lowest BCUT2D eigenvalue weighted by Crippen LogP contribution is -2.52. The van der Waals surface area contributed by atoms with Crippen molar-refractivity contribution in [2.75, 3.05) is 17.4 Å². The van der Waals surface area contributed by atoms with Crippen LogP contribution in [0.25, 0.3) is 0 Å². The van der Waals surface area contributed by atoms with Gasteiger partial charge in [0, 0.05) is 33.7 Å². The standard InChI is InChI=1S/C30H34Cl3N3O4S/c1-5-27(30(38)34-17-20(2)3)35(18-23-25(32)14-9-15-26(23)33)29(37)19-36(28-16-10-13-24(31)21(28)4)41(39,40)22-11-7-6-8-12-22/h6-16,20,27H,5,17-19H2,1-4H3,(H,34,38)/t27-/m1/s1. The molecule has 3 aromatic rings. The average Bonchev–Trinajstić information content (AvgIpc) is 2.94. The number of carbonyl (C=O) groups is 2. The molecule has 1 N–H and O–H groups in total. The largest absolute Gasteiger partial charge is 0.354 e. The van der Waals surface area contributed by atoms with Crippen molar-refractivity contribution >= 4 is 62.3 Å². The maximum atomic E-state index is 14.2. The van der Waals surface area contributed by atoms with E-state index in [0.29, 0.717) is 32.7 Å². The minimum Gasteiger partial charge on any atom is -0.354 e. The molecule has 220 valence electrons. The smallest absolute Gasteiger partial charge is 0.264 e. The Morgan fingerprint density at radius 2 is 1.46 bits per heavy atom. The number of hydrogen-bond donors (Lipinski definition) is 1. The van der Waals surface area contributed by atoms with Crippen molar-refractivity contribution in [2.24, 2.45) is 5.92 Å². The number of rotatable bonds is 12. The van der Waals surface area contributed by atoms with Gasteiger partial charge in [-0.2, -0.15) is 0 Å². The minimum atomic E-state index is -4.21. The van der Waals surface area contributed by atoms with Gasteiger partial charge in [-0.05, 0) is 61.2 Å². The van der Waals surface area contributed by atoms with Gasteiger partial charge in [-0.25, -0.2) is 8.42 Å². The van der Waals surface area contributed by atoms with Crippen molar-refractivity contribution in [2.45, 2.75) is 51.6 Å². The molecule has 0 bridgehead atoms. The van der Waals surface area contributed by atoms with E-state index < -0.39 is 28.5 Å². The number of carbonyl (C=O) groups excluding carboxylic acids is 2. The summed E-state index contributed by atoms with van der Waals surface area (Å²) in [6.07, 6.45) is 0.277. The molecule has 0 aliphatic heterocycles. The maximum Gasteiger partial charge on any atom is 0.264 e. The van der Waals surface area contributed by atoms with Crippen LogP contribution in [0, 0.1) is 12.8 Å². The lowest BCUT2D eigenvalue weighted by Gasteiger charge is -2.34. The quantitative estimate of drug-likeness (QED) is 0.238. The summed E-state index contributed by atoms with van der Waals surface area (Å²) >= 11 is 19.3. The Morgan fingerprint density at radius 1 is 0.878 bits per heavy atom. The predicted octanol–water partition coefficient (Wildman–Crippen LogP) is 6.73. The van der Waals surface area contributed by atoms with Crippen molar-refractivity contribution in [3.05, 3.63) is 92.9 Å². The molecular weight excluding hydrogens is 605 g/mol. The zero-order valence-corrected chi connectivity index (χ0v) is 26.5. The summed E-state index contributed by atoms with van der Waals surface area (Å²) in [5, 5.41) is 3.89. The van der Waals surface area contributed by atoms with Gasteiger partial charge in [0.2, 0.25) is 11.8 Å². The Hall–Kier alpha value is -2.78. The molecule has 0 fully saturated rings. The molecule has 0 aliphatic carbocycles. The molecule has 0 unspecified atom stereocenters. The first kappa shape index (κ1) is 32.7. The summed E-state index contributed by atoms with van der Waals surface area (Å²) in [4.78, 5) is 28.9. The van der Waals surface area contributed by atoms with Crippen molar-refractivity contribution in [1.82, 2.24) is 10.2 Å². The highest BCUT2D eigenvalue weighted by Crippen LogP contribution is 2.32. The fraction of sp³-hybridized carbons (Fsp3) is 0.333. The lowest BCUT2D eigenvalue weighted by molar-refractivity contribution is -0.140. The summed E-state index contributed by atoms with van der Waals surface area (Å²) < 4.78 is 29.0. The molecule has 0 spiro atoms. The number of anilines is 1. The zero-order valence-electron chi connectivity index (χ0n) is 23.4. The highest BCUT2D eigenvalue weighted by atomic mass is 35.5. The molecule has 41 heavy (non-hydrogen) atoms. The number of nitrogens with zero attached hydrogens (tertiary/aromatic N) is 2. The number of sulfonamides is 1. The Bertz CT molecular complexity index is 1460. The van der Waals surface area contributed by atoms with E-state index in [-0.39, 0.29) is 35.4 Å². The van der Waals surface area contributed by atoms with Crippen LogP contribution in [0.3, 0.4) is 0 Å². The summed E-state index contributed by atoms with van der Waals surface area (Å²) in [5.74, 6) is -0.767. The minimum absolute atomic E-state index is 0.00888. The highest BCUT2D eigenvalue weighted by Gasteiger charge is 2.35. The van der Waals surface area contributed by atoms with E-state index in [2.05, 4.69) is 5.32 Å². The molecule has 11 heteroatoms. The molecule has 0 aromatic heterocycles. The van der Waals surface area contributed by atoms with E-state index in [0.717, 1.165) is 4.31 Å². The molecular formula is C30H34Cl3N3O4S. The summed E-state index contributed by atoms with van der Waals surface area (Å²) in [7, 11) is -4.21. The van der Waals surface area contributed by atoms with Crippen LogP contribution in [0.5, 0.6) is 0 Å². The molecule has 0 radical (unpaired) electrons. The second-order valence-corrected chi connectivity index (χ2v) is 13.1. The van der Waals surface area contributed by atoms with Gasteiger partial charge in [0.05, 0.1) is 10.6 Å². The molecule has 3 rings (SSSR count). The molecule has 7 nitrogen and oxygen atoms in total. The van der Waals surface area contributed by atoms with Crippen molar-refractivity contribution in [3.8, 4) is 0 Å². The first-order valence-corrected chi connectivity index (χ1v) is 15.8. The topological polar surface area (TPSA) is 86.8 Å².